The third-order valence-corrected chi connectivity index (χ3v) is 13.7. The number of allylic oxidation sites excluding steroid dienone is 15. The van der Waals surface area contributed by atoms with E-state index in [-0.39, 0.29) is 19.1 Å². The maximum absolute atomic E-state index is 13.0. The van der Waals surface area contributed by atoms with Crippen molar-refractivity contribution in [3.8, 4) is 0 Å². The van der Waals surface area contributed by atoms with Crippen LogP contribution < -0.4 is 5.32 Å². The number of quaternary nitrogens is 1. The lowest BCUT2D eigenvalue weighted by Gasteiger charge is -2.25. The Bertz CT molecular complexity index is 1490. The number of likely N-dealkylation sites (N-methyl/N-ethyl adjacent to an activating group) is 1. The van der Waals surface area contributed by atoms with E-state index in [1.54, 1.807) is 6.08 Å². The van der Waals surface area contributed by atoms with Crippen LogP contribution in [0.5, 0.6) is 0 Å². The number of phosphoric ester groups is 1. The van der Waals surface area contributed by atoms with Gasteiger partial charge in [-0.15, -0.1) is 0 Å². The van der Waals surface area contributed by atoms with Gasteiger partial charge in [0, 0.05) is 6.42 Å². The minimum Gasteiger partial charge on any atom is -0.387 e. The summed E-state index contributed by atoms with van der Waals surface area (Å²) in [6.45, 7) is 4.66. The first kappa shape index (κ1) is 69.4. The van der Waals surface area contributed by atoms with Crippen molar-refractivity contribution in [1.29, 1.82) is 0 Å². The van der Waals surface area contributed by atoms with Crippen LogP contribution in [0.25, 0.3) is 0 Å². The SMILES string of the molecule is CC/C=C\C/C=C\C/C=C\C/C=C\C/C=C\CCCCCCCC(=O)NC(COP(=O)(O)OCC[N+](C)(C)C)C(O)/C=C/CC/C=C/CC/C=C/CCCCCCCCCCCCCCCCCCCCC. The van der Waals surface area contributed by atoms with Gasteiger partial charge in [-0.1, -0.05) is 246 Å². The molecule has 0 aromatic rings. The average Bonchev–Trinajstić information content (AvgIpc) is 3.34. The van der Waals surface area contributed by atoms with Crippen molar-refractivity contribution < 1.29 is 32.9 Å². The molecule has 3 unspecified atom stereocenters. The molecule has 3 N–H and O–H groups in total. The van der Waals surface area contributed by atoms with Crippen LogP contribution >= 0.6 is 7.82 Å². The molecule has 3 atom stereocenters. The van der Waals surface area contributed by atoms with Crippen LogP contribution in [0.4, 0.5) is 0 Å². The topological polar surface area (TPSA) is 105 Å². The van der Waals surface area contributed by atoms with Crippen LogP contribution in [-0.4, -0.2) is 73.4 Å². The lowest BCUT2D eigenvalue weighted by molar-refractivity contribution is -0.870. The van der Waals surface area contributed by atoms with Crippen LogP contribution in [0.3, 0.4) is 0 Å². The molecule has 0 bridgehead atoms. The number of hydrogen-bond acceptors (Lipinski definition) is 5. The Morgan fingerprint density at radius 1 is 0.486 bits per heavy atom. The lowest BCUT2D eigenvalue weighted by atomic mass is 10.0. The number of hydrogen-bond donors (Lipinski definition) is 3. The fourth-order valence-electron chi connectivity index (χ4n) is 8.16. The summed E-state index contributed by atoms with van der Waals surface area (Å²) in [6.07, 6.45) is 76.7. The fourth-order valence-corrected chi connectivity index (χ4v) is 8.90. The van der Waals surface area contributed by atoms with Crippen molar-refractivity contribution >= 4 is 13.7 Å². The fraction of sp³-hybridized carbons (Fsp3) is 0.730. The highest BCUT2D eigenvalue weighted by atomic mass is 31.2. The molecule has 416 valence electrons. The number of nitrogens with one attached hydrogen (secondary N) is 1. The molecular weight excluding hydrogens is 912 g/mol. The number of carbonyl (C=O) groups is 1. The molecule has 8 nitrogen and oxygen atoms in total. The van der Waals surface area contributed by atoms with Gasteiger partial charge in [0.25, 0.3) is 0 Å². The third kappa shape index (κ3) is 55.2. The molecule has 72 heavy (non-hydrogen) atoms. The van der Waals surface area contributed by atoms with Crippen molar-refractivity contribution in [1.82, 2.24) is 5.32 Å². The number of unbranched alkanes of at least 4 members (excludes halogenated alkanes) is 26. The normalized spacial score (nSPS) is 14.6. The Balaban J connectivity index is 4.31. The number of aliphatic hydroxyl groups excluding tert-OH is 1. The molecule has 0 heterocycles. The Labute approximate surface area is 445 Å². The molecule has 0 radical (unpaired) electrons. The molecule has 1 amide bonds. The molecule has 0 rings (SSSR count). The minimum atomic E-state index is -4.37. The maximum Gasteiger partial charge on any atom is 0.472 e. The second-order valence-electron chi connectivity index (χ2n) is 21.0. The van der Waals surface area contributed by atoms with E-state index >= 15 is 0 Å². The number of phosphoric acid groups is 1. The number of nitrogens with zero attached hydrogens (tertiary/aromatic N) is 1. The van der Waals surface area contributed by atoms with Gasteiger partial charge >= 0.3 is 7.82 Å². The van der Waals surface area contributed by atoms with Gasteiger partial charge in [-0.3, -0.25) is 13.8 Å². The van der Waals surface area contributed by atoms with Crippen LogP contribution in [0, 0.1) is 0 Å². The molecule has 0 saturated carbocycles. The largest absolute Gasteiger partial charge is 0.472 e. The van der Waals surface area contributed by atoms with Crippen LogP contribution in [0.15, 0.2) is 97.2 Å². The zero-order chi connectivity index (χ0) is 52.7. The molecule has 0 spiro atoms. The van der Waals surface area contributed by atoms with Crippen molar-refractivity contribution in [2.75, 3.05) is 40.9 Å². The maximum atomic E-state index is 13.0. The predicted octanol–water partition coefficient (Wildman–Crippen LogP) is 18.2. The highest BCUT2D eigenvalue weighted by molar-refractivity contribution is 7.47. The van der Waals surface area contributed by atoms with Gasteiger partial charge in [0.15, 0.2) is 0 Å². The van der Waals surface area contributed by atoms with E-state index < -0.39 is 20.0 Å². The quantitative estimate of drug-likeness (QED) is 0.0243. The summed E-state index contributed by atoms with van der Waals surface area (Å²) in [5.74, 6) is -0.212. The summed E-state index contributed by atoms with van der Waals surface area (Å²) in [6, 6.07) is -0.888. The summed E-state index contributed by atoms with van der Waals surface area (Å²) < 4.78 is 23.7. The van der Waals surface area contributed by atoms with E-state index in [1.807, 2.05) is 27.2 Å². The monoisotopic (exact) mass is 1030 g/mol. The zero-order valence-electron chi connectivity index (χ0n) is 47.4. The van der Waals surface area contributed by atoms with Gasteiger partial charge < -0.3 is 19.8 Å². The molecule has 0 saturated heterocycles. The number of rotatable bonds is 53. The smallest absolute Gasteiger partial charge is 0.387 e. The molecule has 0 aliphatic heterocycles. The van der Waals surface area contributed by atoms with E-state index in [1.165, 1.54) is 128 Å². The summed E-state index contributed by atoms with van der Waals surface area (Å²) in [7, 11) is 1.52. The van der Waals surface area contributed by atoms with Gasteiger partial charge in [0.05, 0.1) is 39.9 Å². The standard InChI is InChI=1S/C63H113N2O6P/c1-6-8-10-12-14-16-18-20-22-24-26-28-29-30-31-32-33-34-35-37-38-40-42-44-46-48-50-52-54-56-62(66)61(60-71-72(68,69)70-59-58-65(3,4)5)64-63(67)57-55-53-51-49-47-45-43-41-39-36-27-25-23-21-19-17-15-13-11-9-7-2/h9,11,15,17,21,23,27,36,38,40-41,43,46,48,54,56,61-62,66H,6-8,10,12-14,16,18-20,22,24-26,28-35,37,39,42,44-45,47,49-53,55,57-60H2,1-5H3,(H-,64,67,68,69)/p+1/b11-9-,17-15-,23-21-,36-27-,40-38+,43-41-,48-46+,56-54+. The molecule has 0 fully saturated rings. The third-order valence-electron chi connectivity index (χ3n) is 12.8. The summed E-state index contributed by atoms with van der Waals surface area (Å²) in [5, 5.41) is 13.9. The van der Waals surface area contributed by atoms with Crippen molar-refractivity contribution in [3.63, 3.8) is 0 Å². The van der Waals surface area contributed by atoms with Crippen LogP contribution in [-0.2, 0) is 18.4 Å². The van der Waals surface area contributed by atoms with E-state index in [2.05, 4.69) is 104 Å². The van der Waals surface area contributed by atoms with Crippen LogP contribution in [0.1, 0.15) is 245 Å². The lowest BCUT2D eigenvalue weighted by Crippen LogP contribution is -2.45. The Hall–Kier alpha value is -2.58. The molecule has 9 heteroatoms. The first-order chi connectivity index (χ1) is 35.0. The van der Waals surface area contributed by atoms with Gasteiger partial charge in [-0.25, -0.2) is 4.57 Å². The van der Waals surface area contributed by atoms with Crippen LogP contribution in [0.2, 0.25) is 0 Å². The Morgan fingerprint density at radius 2 is 0.847 bits per heavy atom. The van der Waals surface area contributed by atoms with Gasteiger partial charge in [-0.2, -0.15) is 0 Å². The van der Waals surface area contributed by atoms with Crippen molar-refractivity contribution in [3.05, 3.63) is 97.2 Å². The molecule has 0 aliphatic rings. The first-order valence-corrected chi connectivity index (χ1v) is 31.1. The summed E-state index contributed by atoms with van der Waals surface area (Å²) in [4.78, 5) is 23.3. The molecule has 0 aliphatic carbocycles. The van der Waals surface area contributed by atoms with Gasteiger partial charge in [-0.05, 0) is 89.9 Å². The minimum absolute atomic E-state index is 0.0442. The van der Waals surface area contributed by atoms with E-state index in [4.69, 9.17) is 9.05 Å². The average molecular weight is 1030 g/mol. The molecular formula is C63H114N2O6P+. The summed E-state index contributed by atoms with van der Waals surface area (Å²) in [5.41, 5.74) is 0. The van der Waals surface area contributed by atoms with E-state index in [0.717, 1.165) is 96.3 Å². The highest BCUT2D eigenvalue weighted by Gasteiger charge is 2.27. The number of amides is 1. The number of aliphatic hydroxyl groups is 1. The molecule has 0 aromatic carbocycles. The van der Waals surface area contributed by atoms with Crippen molar-refractivity contribution in [2.24, 2.45) is 0 Å². The second kappa shape index (κ2) is 53.3. The first-order valence-electron chi connectivity index (χ1n) is 29.6. The zero-order valence-corrected chi connectivity index (χ0v) is 48.3. The van der Waals surface area contributed by atoms with E-state index in [0.29, 0.717) is 17.4 Å². The van der Waals surface area contributed by atoms with E-state index in [9.17, 15) is 19.4 Å². The molecule has 0 aromatic heterocycles. The van der Waals surface area contributed by atoms with Crippen molar-refractivity contribution in [2.45, 2.75) is 257 Å². The predicted molar refractivity (Wildman–Crippen MR) is 313 cm³/mol. The van der Waals surface area contributed by atoms with Gasteiger partial charge in [0.2, 0.25) is 5.91 Å². The Morgan fingerprint density at radius 3 is 1.28 bits per heavy atom. The second-order valence-corrected chi connectivity index (χ2v) is 22.4. The van der Waals surface area contributed by atoms with Gasteiger partial charge in [0.1, 0.15) is 13.2 Å². The highest BCUT2D eigenvalue weighted by Crippen LogP contribution is 2.43. The Kier molecular flexibility index (Phi) is 51.3. The number of carbonyl (C=O) groups excluding carboxylic acids is 1. The summed E-state index contributed by atoms with van der Waals surface area (Å²) >= 11 is 0.